The maximum Gasteiger partial charge on any atom is 0.262 e. The number of carbonyl (C=O) groups excluding carboxylic acids is 1. The molecule has 0 atom stereocenters. The van der Waals surface area contributed by atoms with E-state index in [-0.39, 0.29) is 12.5 Å². The average Bonchev–Trinajstić information content (AvgIpc) is 2.49. The van der Waals surface area contributed by atoms with Crippen LogP contribution < -0.4 is 10.1 Å². The number of halogens is 1. The molecule has 0 fully saturated rings. The van der Waals surface area contributed by atoms with Crippen LogP contribution in [0.5, 0.6) is 5.75 Å². The molecule has 2 rings (SSSR count). The molecule has 0 saturated heterocycles. The number of anilines is 1. The van der Waals surface area contributed by atoms with E-state index < -0.39 is 0 Å². The van der Waals surface area contributed by atoms with E-state index in [9.17, 15) is 4.79 Å². The third kappa shape index (κ3) is 4.83. The lowest BCUT2D eigenvalue weighted by atomic mass is 10.2. The van der Waals surface area contributed by atoms with E-state index in [2.05, 4.69) is 11.4 Å². The van der Waals surface area contributed by atoms with Crippen molar-refractivity contribution in [3.8, 4) is 11.8 Å². The molecule has 0 aliphatic carbocycles. The first-order valence-electron chi connectivity index (χ1n) is 6.31. The third-order valence-corrected chi connectivity index (χ3v) is 2.96. The van der Waals surface area contributed by atoms with Gasteiger partial charge < -0.3 is 10.1 Å². The van der Waals surface area contributed by atoms with Gasteiger partial charge in [-0.15, -0.1) is 0 Å². The van der Waals surface area contributed by atoms with Crippen molar-refractivity contribution in [3.05, 3.63) is 59.1 Å². The highest BCUT2D eigenvalue weighted by Crippen LogP contribution is 2.14. The molecule has 4 nitrogen and oxygen atoms in total. The molecule has 0 radical (unpaired) electrons. The molecule has 1 amide bonds. The van der Waals surface area contributed by atoms with Crippen molar-refractivity contribution in [2.24, 2.45) is 0 Å². The second kappa shape index (κ2) is 7.32. The largest absolute Gasteiger partial charge is 0.484 e. The number of hydrogen-bond acceptors (Lipinski definition) is 3. The predicted octanol–water partition coefficient (Wildman–Crippen LogP) is 3.42. The van der Waals surface area contributed by atoms with E-state index in [1.807, 2.05) is 0 Å². The summed E-state index contributed by atoms with van der Waals surface area (Å²) in [6, 6.07) is 16.0. The highest BCUT2D eigenvalue weighted by molar-refractivity contribution is 6.30. The number of amides is 1. The SMILES string of the molecule is N#CCc1ccc(OCC(=O)Nc2ccc(Cl)cc2)cc1. The zero-order chi connectivity index (χ0) is 15.1. The Morgan fingerprint density at radius 3 is 2.43 bits per heavy atom. The molecule has 2 aromatic carbocycles. The van der Waals surface area contributed by atoms with Gasteiger partial charge in [0, 0.05) is 10.7 Å². The van der Waals surface area contributed by atoms with Crippen LogP contribution in [0.25, 0.3) is 0 Å². The normalized spacial score (nSPS) is 9.71. The van der Waals surface area contributed by atoms with Crippen LogP contribution in [0.15, 0.2) is 48.5 Å². The average molecular weight is 301 g/mol. The zero-order valence-corrected chi connectivity index (χ0v) is 11.9. The number of ether oxygens (including phenoxy) is 1. The second-order valence-corrected chi connectivity index (χ2v) is 4.76. The molecule has 0 aliphatic rings. The number of nitrogens with zero attached hydrogens (tertiary/aromatic N) is 1. The highest BCUT2D eigenvalue weighted by Gasteiger charge is 2.04. The van der Waals surface area contributed by atoms with Crippen LogP contribution in [-0.4, -0.2) is 12.5 Å². The lowest BCUT2D eigenvalue weighted by Gasteiger charge is -2.08. The number of hydrogen-bond donors (Lipinski definition) is 1. The molecule has 0 bridgehead atoms. The van der Waals surface area contributed by atoms with E-state index in [1.54, 1.807) is 48.5 Å². The molecule has 0 saturated carbocycles. The summed E-state index contributed by atoms with van der Waals surface area (Å²) in [7, 11) is 0. The van der Waals surface area contributed by atoms with Gasteiger partial charge in [-0.25, -0.2) is 0 Å². The van der Waals surface area contributed by atoms with E-state index in [1.165, 1.54) is 0 Å². The summed E-state index contributed by atoms with van der Waals surface area (Å²) in [5, 5.41) is 11.9. The van der Waals surface area contributed by atoms with Crippen LogP contribution in [0.2, 0.25) is 5.02 Å². The van der Waals surface area contributed by atoms with Gasteiger partial charge in [-0.2, -0.15) is 5.26 Å². The maximum absolute atomic E-state index is 11.7. The predicted molar refractivity (Wildman–Crippen MR) is 81.3 cm³/mol. The second-order valence-electron chi connectivity index (χ2n) is 4.32. The molecule has 0 aliphatic heterocycles. The standard InChI is InChI=1S/C16H13ClN2O2/c17-13-3-5-14(6-4-13)19-16(20)11-21-15-7-1-12(2-8-15)9-10-18/h1-8H,9,11H2,(H,19,20). The Labute approximate surface area is 127 Å². The summed E-state index contributed by atoms with van der Waals surface area (Å²) < 4.78 is 5.38. The van der Waals surface area contributed by atoms with Crippen LogP contribution in [0.3, 0.4) is 0 Å². The van der Waals surface area contributed by atoms with Crippen molar-refractivity contribution in [1.82, 2.24) is 0 Å². The summed E-state index contributed by atoms with van der Waals surface area (Å²) in [5.41, 5.74) is 1.58. The summed E-state index contributed by atoms with van der Waals surface area (Å²) in [5.74, 6) is 0.335. The van der Waals surface area contributed by atoms with Crippen molar-refractivity contribution in [2.75, 3.05) is 11.9 Å². The molecule has 106 valence electrons. The van der Waals surface area contributed by atoms with Crippen LogP contribution in [0.1, 0.15) is 5.56 Å². The zero-order valence-electron chi connectivity index (χ0n) is 11.2. The lowest BCUT2D eigenvalue weighted by molar-refractivity contribution is -0.118. The van der Waals surface area contributed by atoms with Gasteiger partial charge in [-0.3, -0.25) is 4.79 Å². The quantitative estimate of drug-likeness (QED) is 0.920. The lowest BCUT2D eigenvalue weighted by Crippen LogP contribution is -2.20. The van der Waals surface area contributed by atoms with Crippen molar-refractivity contribution in [1.29, 1.82) is 5.26 Å². The molecule has 2 aromatic rings. The molecular formula is C16H13ClN2O2. The minimum absolute atomic E-state index is 0.0831. The molecular weight excluding hydrogens is 288 g/mol. The minimum Gasteiger partial charge on any atom is -0.484 e. The fourth-order valence-corrected chi connectivity index (χ4v) is 1.80. The molecule has 0 spiro atoms. The molecule has 0 aromatic heterocycles. The Kier molecular flexibility index (Phi) is 5.19. The molecule has 21 heavy (non-hydrogen) atoms. The van der Waals surface area contributed by atoms with Crippen LogP contribution in [0, 0.1) is 11.3 Å². The first-order valence-corrected chi connectivity index (χ1v) is 6.69. The van der Waals surface area contributed by atoms with Gasteiger partial charge in [-0.1, -0.05) is 23.7 Å². The van der Waals surface area contributed by atoms with Crippen LogP contribution >= 0.6 is 11.6 Å². The first kappa shape index (κ1) is 14.9. The van der Waals surface area contributed by atoms with E-state index in [4.69, 9.17) is 21.6 Å². The fraction of sp³-hybridized carbons (Fsp3) is 0.125. The van der Waals surface area contributed by atoms with Crippen molar-refractivity contribution < 1.29 is 9.53 Å². The van der Waals surface area contributed by atoms with Gasteiger partial charge in [0.1, 0.15) is 5.75 Å². The van der Waals surface area contributed by atoms with Crippen LogP contribution in [0.4, 0.5) is 5.69 Å². The Morgan fingerprint density at radius 2 is 1.81 bits per heavy atom. The third-order valence-electron chi connectivity index (χ3n) is 2.70. The van der Waals surface area contributed by atoms with E-state index >= 15 is 0 Å². The minimum atomic E-state index is -0.251. The van der Waals surface area contributed by atoms with E-state index in [0.29, 0.717) is 22.9 Å². The number of benzene rings is 2. The van der Waals surface area contributed by atoms with Gasteiger partial charge >= 0.3 is 0 Å². The molecule has 1 N–H and O–H groups in total. The summed E-state index contributed by atoms with van der Waals surface area (Å²) in [6.45, 7) is -0.0831. The summed E-state index contributed by atoms with van der Waals surface area (Å²) in [6.07, 6.45) is 0.358. The van der Waals surface area contributed by atoms with Gasteiger partial charge in [0.2, 0.25) is 0 Å². The number of nitrogens with one attached hydrogen (secondary N) is 1. The Hall–Kier alpha value is -2.51. The van der Waals surface area contributed by atoms with Crippen molar-refractivity contribution in [2.45, 2.75) is 6.42 Å². The number of nitriles is 1. The number of carbonyl (C=O) groups is 1. The Bertz CT molecular complexity index is 645. The van der Waals surface area contributed by atoms with Gasteiger partial charge in [-0.05, 0) is 42.0 Å². The summed E-state index contributed by atoms with van der Waals surface area (Å²) in [4.78, 5) is 11.7. The fourth-order valence-electron chi connectivity index (χ4n) is 1.67. The smallest absolute Gasteiger partial charge is 0.262 e. The van der Waals surface area contributed by atoms with Gasteiger partial charge in [0.05, 0.1) is 12.5 Å². The van der Waals surface area contributed by atoms with Crippen molar-refractivity contribution >= 4 is 23.2 Å². The molecule has 0 unspecified atom stereocenters. The van der Waals surface area contributed by atoms with Gasteiger partial charge in [0.15, 0.2) is 6.61 Å². The molecule has 5 heteroatoms. The van der Waals surface area contributed by atoms with Crippen molar-refractivity contribution in [3.63, 3.8) is 0 Å². The summed E-state index contributed by atoms with van der Waals surface area (Å²) >= 11 is 5.77. The maximum atomic E-state index is 11.7. The Morgan fingerprint density at radius 1 is 1.14 bits per heavy atom. The Balaban J connectivity index is 1.83. The topological polar surface area (TPSA) is 62.1 Å². The van der Waals surface area contributed by atoms with Crippen LogP contribution in [-0.2, 0) is 11.2 Å². The molecule has 0 heterocycles. The highest BCUT2D eigenvalue weighted by atomic mass is 35.5. The number of rotatable bonds is 5. The van der Waals surface area contributed by atoms with Gasteiger partial charge in [0.25, 0.3) is 5.91 Å². The first-order chi connectivity index (χ1) is 10.2. The van der Waals surface area contributed by atoms with E-state index in [0.717, 1.165) is 5.56 Å². The monoisotopic (exact) mass is 300 g/mol.